The summed E-state index contributed by atoms with van der Waals surface area (Å²) in [7, 11) is 0. The van der Waals surface area contributed by atoms with Crippen molar-refractivity contribution in [3.63, 3.8) is 0 Å². The molecule has 0 aliphatic carbocycles. The topological polar surface area (TPSA) is 109 Å². The molecular weight excluding hydrogens is 427 g/mol. The van der Waals surface area contributed by atoms with Crippen LogP contribution in [0.2, 0.25) is 5.02 Å². The van der Waals surface area contributed by atoms with Crippen LogP contribution in [0.15, 0.2) is 47.3 Å². The maximum atomic E-state index is 13.9. The molecule has 0 unspecified atom stereocenters. The van der Waals surface area contributed by atoms with Gasteiger partial charge in [-0.15, -0.1) is 0 Å². The maximum absolute atomic E-state index is 13.9. The molecule has 3 aromatic rings. The second-order valence-electron chi connectivity index (χ2n) is 7.10. The predicted molar refractivity (Wildman–Crippen MR) is 111 cm³/mol. The molecule has 2 heterocycles. The van der Waals surface area contributed by atoms with Crippen LogP contribution in [0.5, 0.6) is 0 Å². The van der Waals surface area contributed by atoms with Gasteiger partial charge < -0.3 is 9.88 Å². The minimum Gasteiger partial charge on any atom is -0.334 e. The van der Waals surface area contributed by atoms with Gasteiger partial charge in [-0.1, -0.05) is 29.8 Å². The van der Waals surface area contributed by atoms with E-state index in [1.165, 1.54) is 23.1 Å². The van der Waals surface area contributed by atoms with Crippen LogP contribution in [0, 0.1) is 15.9 Å². The van der Waals surface area contributed by atoms with E-state index in [0.29, 0.717) is 35.6 Å². The fraction of sp³-hybridized carbons (Fsp3) is 0.190. The van der Waals surface area contributed by atoms with E-state index in [1.54, 1.807) is 18.2 Å². The van der Waals surface area contributed by atoms with E-state index >= 15 is 0 Å². The van der Waals surface area contributed by atoms with E-state index in [9.17, 15) is 24.1 Å². The number of amides is 1. The van der Waals surface area contributed by atoms with Gasteiger partial charge in [0, 0.05) is 31.5 Å². The van der Waals surface area contributed by atoms with E-state index in [-0.39, 0.29) is 40.6 Å². The summed E-state index contributed by atoms with van der Waals surface area (Å²) < 4.78 is 13.9. The lowest BCUT2D eigenvalue weighted by Gasteiger charge is -2.28. The summed E-state index contributed by atoms with van der Waals surface area (Å²) in [6, 6.07) is 9.91. The van der Waals surface area contributed by atoms with E-state index < -0.39 is 10.8 Å². The predicted octanol–water partition coefficient (Wildman–Crippen LogP) is 3.26. The zero-order valence-corrected chi connectivity index (χ0v) is 16.9. The van der Waals surface area contributed by atoms with Gasteiger partial charge in [-0.25, -0.2) is 9.37 Å². The van der Waals surface area contributed by atoms with Gasteiger partial charge in [0.2, 0.25) is 0 Å². The third-order valence-corrected chi connectivity index (χ3v) is 5.43. The summed E-state index contributed by atoms with van der Waals surface area (Å²) in [6.07, 6.45) is 0.496. The van der Waals surface area contributed by atoms with Crippen molar-refractivity contribution in [2.24, 2.45) is 0 Å². The zero-order valence-electron chi connectivity index (χ0n) is 16.1. The Morgan fingerprint density at radius 1 is 1.29 bits per heavy atom. The Morgan fingerprint density at radius 3 is 2.77 bits per heavy atom. The van der Waals surface area contributed by atoms with Gasteiger partial charge in [0.15, 0.2) is 0 Å². The number of benzene rings is 2. The van der Waals surface area contributed by atoms with Crippen molar-refractivity contribution < 1.29 is 14.1 Å². The highest BCUT2D eigenvalue weighted by atomic mass is 35.5. The number of rotatable bonds is 4. The normalized spacial score (nSPS) is 13.0. The molecule has 2 aromatic carbocycles. The summed E-state index contributed by atoms with van der Waals surface area (Å²) in [5.74, 6) is -0.452. The van der Waals surface area contributed by atoms with Gasteiger partial charge >= 0.3 is 0 Å². The van der Waals surface area contributed by atoms with Gasteiger partial charge in [-0.05, 0) is 17.7 Å². The molecule has 1 N–H and O–H groups in total. The highest BCUT2D eigenvalue weighted by Gasteiger charge is 2.27. The largest absolute Gasteiger partial charge is 0.334 e. The van der Waals surface area contributed by atoms with Crippen LogP contribution in [-0.4, -0.2) is 32.2 Å². The highest BCUT2D eigenvalue weighted by molar-refractivity contribution is 6.34. The minimum atomic E-state index is -0.596. The lowest BCUT2D eigenvalue weighted by molar-refractivity contribution is -0.384. The van der Waals surface area contributed by atoms with Crippen molar-refractivity contribution in [2.45, 2.75) is 19.4 Å². The van der Waals surface area contributed by atoms with Crippen LogP contribution >= 0.6 is 11.6 Å². The van der Waals surface area contributed by atoms with Crippen LogP contribution in [0.4, 0.5) is 10.1 Å². The molecule has 0 spiro atoms. The first kappa shape index (κ1) is 20.7. The number of H-pyrrole nitrogens is 1. The summed E-state index contributed by atoms with van der Waals surface area (Å²) >= 11 is 6.07. The number of non-ortho nitro benzene ring substituents is 1. The fourth-order valence-electron chi connectivity index (χ4n) is 3.52. The number of carbonyl (C=O) groups is 1. The second-order valence-corrected chi connectivity index (χ2v) is 7.51. The van der Waals surface area contributed by atoms with Crippen molar-refractivity contribution in [1.82, 2.24) is 14.9 Å². The lowest BCUT2D eigenvalue weighted by Crippen LogP contribution is -2.40. The number of hydrogen-bond donors (Lipinski definition) is 1. The number of nitro benzene ring substituents is 1. The molecule has 0 saturated heterocycles. The van der Waals surface area contributed by atoms with Crippen LogP contribution in [0.25, 0.3) is 0 Å². The highest BCUT2D eigenvalue weighted by Crippen LogP contribution is 2.25. The number of hydrogen-bond acceptors (Lipinski definition) is 5. The molecular formula is C21H16ClFN4O4. The Labute approximate surface area is 180 Å². The van der Waals surface area contributed by atoms with Crippen molar-refractivity contribution >= 4 is 23.2 Å². The number of aromatic nitrogens is 2. The smallest absolute Gasteiger partial charge is 0.270 e. The molecule has 31 heavy (non-hydrogen) atoms. The van der Waals surface area contributed by atoms with E-state index in [4.69, 9.17) is 11.6 Å². The molecule has 0 bridgehead atoms. The van der Waals surface area contributed by atoms with Crippen LogP contribution in [0.1, 0.15) is 33.0 Å². The first-order valence-electron chi connectivity index (χ1n) is 9.41. The summed E-state index contributed by atoms with van der Waals surface area (Å²) in [5, 5.41) is 10.8. The van der Waals surface area contributed by atoms with Gasteiger partial charge in [-0.2, -0.15) is 0 Å². The maximum Gasteiger partial charge on any atom is 0.270 e. The van der Waals surface area contributed by atoms with Crippen molar-refractivity contribution in [3.05, 3.63) is 102 Å². The Hall–Kier alpha value is -3.59. The first-order chi connectivity index (χ1) is 14.8. The lowest BCUT2D eigenvalue weighted by atomic mass is 10.0. The number of nitrogens with one attached hydrogen (secondary N) is 1. The zero-order chi connectivity index (χ0) is 22.1. The summed E-state index contributed by atoms with van der Waals surface area (Å²) in [5.41, 5.74) is 0.864. The molecule has 0 radical (unpaired) electrons. The van der Waals surface area contributed by atoms with Gasteiger partial charge in [0.05, 0.1) is 33.3 Å². The average molecular weight is 443 g/mol. The minimum absolute atomic E-state index is 0.0303. The van der Waals surface area contributed by atoms with Gasteiger partial charge in [0.25, 0.3) is 17.2 Å². The SMILES string of the molecule is O=C(c1ccc([N+](=O)[O-])cc1Cl)N1CCc2nc(Cc3ccccc3F)[nH]c(=O)c2C1. The molecule has 158 valence electrons. The third kappa shape index (κ3) is 4.17. The van der Waals surface area contributed by atoms with E-state index in [2.05, 4.69) is 9.97 Å². The number of carbonyl (C=O) groups excluding carboxylic acids is 1. The van der Waals surface area contributed by atoms with E-state index in [0.717, 1.165) is 6.07 Å². The Bertz CT molecular complexity index is 1260. The Kier molecular flexibility index (Phi) is 5.51. The standard InChI is InChI=1S/C21H16ClFN4O4/c22-16-10-13(27(30)31)5-6-14(16)21(29)26-8-7-18-15(11-26)20(28)25-19(24-18)9-12-3-1-2-4-17(12)23/h1-6,10H,7-9,11H2,(H,24,25,28). The number of nitro groups is 1. The first-order valence-corrected chi connectivity index (χ1v) is 9.79. The second kappa shape index (κ2) is 8.27. The molecule has 1 aromatic heterocycles. The number of nitrogens with zero attached hydrogens (tertiary/aromatic N) is 3. The van der Waals surface area contributed by atoms with Crippen molar-refractivity contribution in [3.8, 4) is 0 Å². The molecule has 0 fully saturated rings. The molecule has 10 heteroatoms. The molecule has 1 aliphatic heterocycles. The quantitative estimate of drug-likeness (QED) is 0.492. The number of aromatic amines is 1. The van der Waals surface area contributed by atoms with Crippen LogP contribution < -0.4 is 5.56 Å². The Morgan fingerprint density at radius 2 is 2.06 bits per heavy atom. The van der Waals surface area contributed by atoms with Crippen LogP contribution in [0.3, 0.4) is 0 Å². The van der Waals surface area contributed by atoms with Crippen molar-refractivity contribution in [2.75, 3.05) is 6.54 Å². The van der Waals surface area contributed by atoms with E-state index in [1.807, 2.05) is 0 Å². The number of fused-ring (bicyclic) bond motifs is 1. The summed E-state index contributed by atoms with van der Waals surface area (Å²) in [4.78, 5) is 44.3. The fourth-order valence-corrected chi connectivity index (χ4v) is 3.77. The molecule has 0 atom stereocenters. The summed E-state index contributed by atoms with van der Waals surface area (Å²) in [6.45, 7) is 0.332. The van der Waals surface area contributed by atoms with Crippen molar-refractivity contribution in [1.29, 1.82) is 0 Å². The Balaban J connectivity index is 1.56. The average Bonchev–Trinajstić information content (AvgIpc) is 2.74. The molecule has 8 nitrogen and oxygen atoms in total. The molecule has 1 amide bonds. The van der Waals surface area contributed by atoms with Crippen LogP contribution in [-0.2, 0) is 19.4 Å². The van der Waals surface area contributed by atoms with Gasteiger partial charge in [-0.3, -0.25) is 19.7 Å². The monoisotopic (exact) mass is 442 g/mol. The molecule has 4 rings (SSSR count). The molecule has 0 saturated carbocycles. The van der Waals surface area contributed by atoms with Gasteiger partial charge in [0.1, 0.15) is 11.6 Å². The molecule has 1 aliphatic rings. The number of halogens is 2. The third-order valence-electron chi connectivity index (χ3n) is 5.11.